The van der Waals surface area contributed by atoms with Crippen LogP contribution in [0.15, 0.2) is 22.7 Å². The molecule has 1 aromatic carbocycles. The van der Waals surface area contributed by atoms with Crippen LogP contribution in [0.1, 0.15) is 18.4 Å². The molecule has 1 saturated heterocycles. The van der Waals surface area contributed by atoms with Crippen LogP contribution < -0.4 is 5.73 Å². The summed E-state index contributed by atoms with van der Waals surface area (Å²) in [6.07, 6.45) is 1.65. The Balaban J connectivity index is 2.07. The van der Waals surface area contributed by atoms with Crippen molar-refractivity contribution in [2.24, 2.45) is 0 Å². The minimum absolute atomic E-state index is 0.0216. The monoisotopic (exact) mass is 333 g/mol. The van der Waals surface area contributed by atoms with Crippen molar-refractivity contribution in [1.82, 2.24) is 0 Å². The van der Waals surface area contributed by atoms with Crippen molar-refractivity contribution in [2.75, 3.05) is 18.1 Å². The highest BCUT2D eigenvalue weighted by Gasteiger charge is 2.24. The zero-order valence-electron chi connectivity index (χ0n) is 9.93. The van der Waals surface area contributed by atoms with Crippen LogP contribution in [0, 0.1) is 0 Å². The van der Waals surface area contributed by atoms with E-state index in [2.05, 4.69) is 15.9 Å². The van der Waals surface area contributed by atoms with Crippen LogP contribution in [0.4, 0.5) is 5.69 Å². The van der Waals surface area contributed by atoms with Gasteiger partial charge in [0.2, 0.25) is 0 Å². The molecule has 1 atom stereocenters. The first-order chi connectivity index (χ1) is 8.46. The molecular weight excluding hydrogens is 318 g/mol. The molecule has 18 heavy (non-hydrogen) atoms. The molecule has 0 spiro atoms. The number of hydrogen-bond donors (Lipinski definition) is 1. The van der Waals surface area contributed by atoms with Gasteiger partial charge in [-0.1, -0.05) is 22.0 Å². The lowest BCUT2D eigenvalue weighted by Crippen LogP contribution is -2.21. The van der Waals surface area contributed by atoms with E-state index in [0.717, 1.165) is 22.9 Å². The lowest BCUT2D eigenvalue weighted by molar-refractivity contribution is 0.127. The fourth-order valence-electron chi connectivity index (χ4n) is 2.04. The van der Waals surface area contributed by atoms with E-state index in [-0.39, 0.29) is 17.6 Å². The van der Waals surface area contributed by atoms with Gasteiger partial charge < -0.3 is 10.5 Å². The zero-order chi connectivity index (χ0) is 13.2. The molecule has 6 heteroatoms. The molecule has 0 amide bonds. The van der Waals surface area contributed by atoms with Gasteiger partial charge in [-0.05, 0) is 30.5 Å². The summed E-state index contributed by atoms with van der Waals surface area (Å²) in [6.45, 7) is 0.672. The number of nitrogen functional groups attached to an aromatic ring is 1. The summed E-state index contributed by atoms with van der Waals surface area (Å²) in [4.78, 5) is 0. The van der Waals surface area contributed by atoms with E-state index in [4.69, 9.17) is 10.5 Å². The van der Waals surface area contributed by atoms with Crippen molar-refractivity contribution in [3.05, 3.63) is 28.2 Å². The topological polar surface area (TPSA) is 69.4 Å². The van der Waals surface area contributed by atoms with E-state index in [9.17, 15) is 8.42 Å². The smallest absolute Gasteiger partial charge is 0.157 e. The summed E-state index contributed by atoms with van der Waals surface area (Å²) in [5, 5.41) is 0. The highest BCUT2D eigenvalue weighted by molar-refractivity contribution is 9.10. The Bertz CT molecular complexity index is 524. The fourth-order valence-corrected chi connectivity index (χ4v) is 4.43. The maximum Gasteiger partial charge on any atom is 0.157 e. The fraction of sp³-hybridized carbons (Fsp3) is 0.500. The van der Waals surface area contributed by atoms with Gasteiger partial charge in [0.1, 0.15) is 0 Å². The summed E-state index contributed by atoms with van der Waals surface area (Å²) in [5.41, 5.74) is 6.98. The molecule has 0 saturated carbocycles. The predicted octanol–water partition coefficient (Wildman–Crippen LogP) is 2.13. The van der Waals surface area contributed by atoms with E-state index in [0.29, 0.717) is 12.3 Å². The Hall–Kier alpha value is -0.590. The van der Waals surface area contributed by atoms with Gasteiger partial charge in [0.05, 0.1) is 17.6 Å². The van der Waals surface area contributed by atoms with Gasteiger partial charge in [-0.2, -0.15) is 0 Å². The highest BCUT2D eigenvalue weighted by atomic mass is 79.9. The van der Waals surface area contributed by atoms with Gasteiger partial charge in [0, 0.05) is 16.8 Å². The van der Waals surface area contributed by atoms with Crippen LogP contribution in [-0.4, -0.2) is 26.9 Å². The molecule has 1 fully saturated rings. The molecule has 0 bridgehead atoms. The Morgan fingerprint density at radius 1 is 1.44 bits per heavy atom. The van der Waals surface area contributed by atoms with Crippen molar-refractivity contribution < 1.29 is 13.2 Å². The molecule has 1 aliphatic rings. The summed E-state index contributed by atoms with van der Waals surface area (Å²) in [7, 11) is -3.15. The molecule has 4 nitrogen and oxygen atoms in total. The highest BCUT2D eigenvalue weighted by Crippen LogP contribution is 2.23. The lowest BCUT2D eigenvalue weighted by atomic mass is 10.2. The molecule has 1 unspecified atom stereocenters. The van der Waals surface area contributed by atoms with Gasteiger partial charge in [-0.25, -0.2) is 8.42 Å². The van der Waals surface area contributed by atoms with Crippen molar-refractivity contribution in [3.63, 3.8) is 0 Å². The molecule has 1 aromatic rings. The minimum Gasteiger partial charge on any atom is -0.399 e. The number of nitrogens with two attached hydrogens (primary N) is 1. The molecule has 1 aliphatic heterocycles. The standard InChI is InChI=1S/C12H16BrNO3S/c13-12-6-10(14)4-3-9(12)7-18(15,16)8-11-2-1-5-17-11/h3-4,6,11H,1-2,5,7-8,14H2. The quantitative estimate of drug-likeness (QED) is 0.857. The Labute approximate surface area is 116 Å². The molecule has 0 radical (unpaired) electrons. The zero-order valence-corrected chi connectivity index (χ0v) is 12.3. The molecule has 100 valence electrons. The van der Waals surface area contributed by atoms with Crippen LogP contribution >= 0.6 is 15.9 Å². The molecule has 1 heterocycles. The Morgan fingerprint density at radius 2 is 2.22 bits per heavy atom. The van der Waals surface area contributed by atoms with Crippen molar-refractivity contribution in [2.45, 2.75) is 24.7 Å². The van der Waals surface area contributed by atoms with Crippen molar-refractivity contribution >= 4 is 31.5 Å². The molecule has 0 aromatic heterocycles. The van der Waals surface area contributed by atoms with Gasteiger partial charge in [-0.15, -0.1) is 0 Å². The Kier molecular flexibility index (Phi) is 4.29. The number of benzene rings is 1. The van der Waals surface area contributed by atoms with Gasteiger partial charge >= 0.3 is 0 Å². The van der Waals surface area contributed by atoms with Crippen LogP contribution in [-0.2, 0) is 20.3 Å². The largest absolute Gasteiger partial charge is 0.399 e. The van der Waals surface area contributed by atoms with Crippen molar-refractivity contribution in [1.29, 1.82) is 0 Å². The maximum absolute atomic E-state index is 12.1. The summed E-state index contributed by atoms with van der Waals surface area (Å²) in [5.74, 6) is 0.123. The van der Waals surface area contributed by atoms with Gasteiger partial charge in [-0.3, -0.25) is 0 Å². The maximum atomic E-state index is 12.1. The SMILES string of the molecule is Nc1ccc(CS(=O)(=O)CC2CCCO2)c(Br)c1. The minimum atomic E-state index is -3.15. The van der Waals surface area contributed by atoms with Crippen LogP contribution in [0.2, 0.25) is 0 Å². The number of anilines is 1. The summed E-state index contributed by atoms with van der Waals surface area (Å²) in [6, 6.07) is 5.17. The number of ether oxygens (including phenoxy) is 1. The number of sulfone groups is 1. The number of hydrogen-bond acceptors (Lipinski definition) is 4. The van der Waals surface area contributed by atoms with Gasteiger partial charge in [0.25, 0.3) is 0 Å². The molecule has 2 N–H and O–H groups in total. The van der Waals surface area contributed by atoms with E-state index >= 15 is 0 Å². The summed E-state index contributed by atoms with van der Waals surface area (Å²) < 4.78 is 30.2. The van der Waals surface area contributed by atoms with E-state index in [1.54, 1.807) is 18.2 Å². The van der Waals surface area contributed by atoms with Crippen LogP contribution in [0.25, 0.3) is 0 Å². The van der Waals surface area contributed by atoms with Crippen LogP contribution in [0.5, 0.6) is 0 Å². The molecule has 2 rings (SSSR count). The second kappa shape index (κ2) is 5.59. The summed E-state index contributed by atoms with van der Waals surface area (Å²) >= 11 is 3.34. The molecular formula is C12H16BrNO3S. The van der Waals surface area contributed by atoms with E-state index < -0.39 is 9.84 Å². The first-order valence-corrected chi connectivity index (χ1v) is 8.44. The van der Waals surface area contributed by atoms with Crippen LogP contribution in [0.3, 0.4) is 0 Å². The third kappa shape index (κ3) is 3.70. The van der Waals surface area contributed by atoms with E-state index in [1.165, 1.54) is 0 Å². The third-order valence-corrected chi connectivity index (χ3v) is 5.29. The third-order valence-electron chi connectivity index (χ3n) is 2.92. The van der Waals surface area contributed by atoms with Crippen molar-refractivity contribution in [3.8, 4) is 0 Å². The normalized spacial score (nSPS) is 20.2. The average Bonchev–Trinajstić information content (AvgIpc) is 2.74. The molecule has 0 aliphatic carbocycles. The Morgan fingerprint density at radius 3 is 2.83 bits per heavy atom. The first-order valence-electron chi connectivity index (χ1n) is 5.82. The first kappa shape index (κ1) is 13.8. The lowest BCUT2D eigenvalue weighted by Gasteiger charge is -2.11. The predicted molar refractivity (Wildman–Crippen MR) is 75.0 cm³/mol. The second-order valence-electron chi connectivity index (χ2n) is 4.54. The second-order valence-corrected chi connectivity index (χ2v) is 7.50. The number of halogens is 1. The average molecular weight is 334 g/mol. The van der Waals surface area contributed by atoms with Gasteiger partial charge in [0.15, 0.2) is 9.84 Å². The number of rotatable bonds is 4. The van der Waals surface area contributed by atoms with E-state index in [1.807, 2.05) is 0 Å².